The van der Waals surface area contributed by atoms with Gasteiger partial charge in [-0.1, -0.05) is 13.0 Å². The highest BCUT2D eigenvalue weighted by Gasteiger charge is 2.23. The molecule has 1 aliphatic heterocycles. The number of carbonyl (C=O) groups is 1. The Balaban J connectivity index is 1.33. The molecule has 1 aromatic heterocycles. The summed E-state index contributed by atoms with van der Waals surface area (Å²) in [5.74, 6) is 0.518. The predicted octanol–water partition coefficient (Wildman–Crippen LogP) is 4.03. The summed E-state index contributed by atoms with van der Waals surface area (Å²) in [5, 5.41) is 6.95. The second-order valence-electron chi connectivity index (χ2n) is 9.23. The van der Waals surface area contributed by atoms with E-state index in [0.717, 1.165) is 36.2 Å². The highest BCUT2D eigenvalue weighted by molar-refractivity contribution is 7.79. The van der Waals surface area contributed by atoms with Crippen molar-refractivity contribution in [1.82, 2.24) is 20.2 Å². The summed E-state index contributed by atoms with van der Waals surface area (Å²) in [6, 6.07) is 12.6. The summed E-state index contributed by atoms with van der Waals surface area (Å²) in [5.41, 5.74) is 5.95. The van der Waals surface area contributed by atoms with Crippen LogP contribution < -0.4 is 10.6 Å². The van der Waals surface area contributed by atoms with Crippen molar-refractivity contribution in [3.05, 3.63) is 76.6 Å². The first-order valence-electron chi connectivity index (χ1n) is 12.2. The number of hydrogen-bond acceptors (Lipinski definition) is 7. The van der Waals surface area contributed by atoms with E-state index < -0.39 is 11.1 Å². The molecule has 3 aromatic rings. The molecule has 8 nitrogen and oxygen atoms in total. The molecule has 1 aliphatic rings. The monoisotopic (exact) mass is 506 g/mol. The van der Waals surface area contributed by atoms with Crippen molar-refractivity contribution in [1.29, 1.82) is 0 Å². The third-order valence-corrected chi connectivity index (χ3v) is 7.10. The van der Waals surface area contributed by atoms with Crippen LogP contribution in [0.4, 0.5) is 11.6 Å². The lowest BCUT2D eigenvalue weighted by Gasteiger charge is -2.32. The number of nitrogens with one attached hydrogen (secondary N) is 2. The number of carbonyl (C=O) groups excluding carboxylic acids is 1. The number of aryl methyl sites for hydroxylation is 3. The maximum absolute atomic E-state index is 12.8. The third-order valence-electron chi connectivity index (χ3n) is 6.45. The molecule has 0 saturated carbocycles. The number of rotatable bonds is 8. The van der Waals surface area contributed by atoms with Gasteiger partial charge in [-0.2, -0.15) is 0 Å². The Labute approximate surface area is 214 Å². The smallest absolute Gasteiger partial charge is 0.253 e. The zero-order valence-electron chi connectivity index (χ0n) is 20.9. The summed E-state index contributed by atoms with van der Waals surface area (Å²) in [7, 11) is 0. The first-order valence-corrected chi connectivity index (χ1v) is 13.3. The standard InChI is InChI=1S/C27H33N5O3S/c1-4-20-16-29-27(30-23-14-18(2)13-19(3)15-23)31-25(20)17-28-22-9-11-32(12-10-22)26(33)21-5-7-24(8-6-21)36(34)35/h5-8,13-16,22,28H,4,9-12,17H2,1-3H3,(H,34,35)(H,29,30,31)/p-1. The van der Waals surface area contributed by atoms with Crippen LogP contribution in [0.25, 0.3) is 0 Å². The van der Waals surface area contributed by atoms with Gasteiger partial charge in [-0.15, -0.1) is 0 Å². The first kappa shape index (κ1) is 25.9. The summed E-state index contributed by atoms with van der Waals surface area (Å²) >= 11 is -2.29. The van der Waals surface area contributed by atoms with Crippen LogP contribution in [-0.4, -0.2) is 48.7 Å². The average molecular weight is 507 g/mol. The number of amides is 1. The Morgan fingerprint density at radius 2 is 1.78 bits per heavy atom. The minimum absolute atomic E-state index is 0.0668. The van der Waals surface area contributed by atoms with Crippen LogP contribution in [-0.2, 0) is 24.0 Å². The van der Waals surface area contributed by atoms with E-state index in [1.54, 1.807) is 12.1 Å². The van der Waals surface area contributed by atoms with Gasteiger partial charge < -0.3 is 20.1 Å². The maximum atomic E-state index is 12.8. The van der Waals surface area contributed by atoms with Crippen molar-refractivity contribution in [3.8, 4) is 0 Å². The zero-order chi connectivity index (χ0) is 25.7. The lowest BCUT2D eigenvalue weighted by molar-refractivity contribution is 0.0704. The molecule has 0 radical (unpaired) electrons. The summed E-state index contributed by atoms with van der Waals surface area (Å²) in [6.07, 6.45) is 4.43. The second kappa shape index (κ2) is 11.7. The van der Waals surface area contributed by atoms with Gasteiger partial charge in [0.1, 0.15) is 0 Å². The Bertz CT molecular complexity index is 1220. The first-order chi connectivity index (χ1) is 17.3. The van der Waals surface area contributed by atoms with Gasteiger partial charge in [-0.05, 0) is 97.3 Å². The van der Waals surface area contributed by atoms with Crippen molar-refractivity contribution < 1.29 is 13.6 Å². The van der Waals surface area contributed by atoms with Gasteiger partial charge in [0.2, 0.25) is 5.95 Å². The van der Waals surface area contributed by atoms with Crippen molar-refractivity contribution in [2.75, 3.05) is 18.4 Å². The van der Waals surface area contributed by atoms with E-state index in [2.05, 4.69) is 54.6 Å². The summed E-state index contributed by atoms with van der Waals surface area (Å²) < 4.78 is 22.1. The lowest BCUT2D eigenvalue weighted by atomic mass is 10.0. The fourth-order valence-corrected chi connectivity index (χ4v) is 4.90. The molecule has 9 heteroatoms. The quantitative estimate of drug-likeness (QED) is 0.444. The van der Waals surface area contributed by atoms with E-state index in [1.165, 1.54) is 23.3 Å². The fraction of sp³-hybridized carbons (Fsp3) is 0.370. The molecule has 1 saturated heterocycles. The molecule has 2 N–H and O–H groups in total. The Kier molecular flexibility index (Phi) is 8.45. The van der Waals surface area contributed by atoms with E-state index in [1.807, 2.05) is 11.1 Å². The Morgan fingerprint density at radius 3 is 2.39 bits per heavy atom. The molecular formula is C27H32N5O3S-. The van der Waals surface area contributed by atoms with E-state index in [4.69, 9.17) is 4.98 Å². The molecule has 0 bridgehead atoms. The Morgan fingerprint density at radius 1 is 1.11 bits per heavy atom. The van der Waals surface area contributed by atoms with E-state index in [-0.39, 0.29) is 16.8 Å². The fourth-order valence-electron chi connectivity index (χ4n) is 4.55. The number of anilines is 2. The largest absolute Gasteiger partial charge is 0.768 e. The molecule has 2 aromatic carbocycles. The van der Waals surface area contributed by atoms with Crippen LogP contribution >= 0.6 is 0 Å². The molecule has 0 spiro atoms. The van der Waals surface area contributed by atoms with Crippen molar-refractivity contribution in [3.63, 3.8) is 0 Å². The number of benzene rings is 2. The highest BCUT2D eigenvalue weighted by atomic mass is 32.2. The van der Waals surface area contributed by atoms with Gasteiger partial charge in [-0.25, -0.2) is 9.97 Å². The Hall–Kier alpha value is -3.14. The number of piperidine rings is 1. The third kappa shape index (κ3) is 6.54. The number of likely N-dealkylation sites (tertiary alicyclic amines) is 1. The molecule has 190 valence electrons. The van der Waals surface area contributed by atoms with Gasteiger partial charge >= 0.3 is 0 Å². The van der Waals surface area contributed by atoms with Crippen molar-refractivity contribution in [2.45, 2.75) is 57.5 Å². The van der Waals surface area contributed by atoms with Gasteiger partial charge in [-0.3, -0.25) is 9.00 Å². The maximum Gasteiger partial charge on any atom is 0.253 e. The van der Waals surface area contributed by atoms with Crippen LogP contribution in [0.2, 0.25) is 0 Å². The van der Waals surface area contributed by atoms with Gasteiger partial charge in [0.15, 0.2) is 0 Å². The summed E-state index contributed by atoms with van der Waals surface area (Å²) in [6.45, 7) is 8.18. The van der Waals surface area contributed by atoms with Crippen LogP contribution in [0.3, 0.4) is 0 Å². The topological polar surface area (TPSA) is 110 Å². The second-order valence-corrected chi connectivity index (χ2v) is 10.2. The molecule has 1 fully saturated rings. The molecule has 36 heavy (non-hydrogen) atoms. The van der Waals surface area contributed by atoms with Crippen LogP contribution in [0.5, 0.6) is 0 Å². The number of nitrogens with zero attached hydrogens (tertiary/aromatic N) is 3. The summed E-state index contributed by atoms with van der Waals surface area (Å²) in [4.78, 5) is 24.1. The normalized spacial score (nSPS) is 15.1. The van der Waals surface area contributed by atoms with Crippen LogP contribution in [0.15, 0.2) is 53.6 Å². The van der Waals surface area contributed by atoms with E-state index in [0.29, 0.717) is 31.1 Å². The van der Waals surface area contributed by atoms with Crippen LogP contribution in [0.1, 0.15) is 52.5 Å². The average Bonchev–Trinajstić information content (AvgIpc) is 2.87. The highest BCUT2D eigenvalue weighted by Crippen LogP contribution is 2.20. The van der Waals surface area contributed by atoms with E-state index >= 15 is 0 Å². The molecule has 1 atom stereocenters. The molecular weight excluding hydrogens is 474 g/mol. The van der Waals surface area contributed by atoms with E-state index in [9.17, 15) is 13.6 Å². The van der Waals surface area contributed by atoms with Crippen molar-refractivity contribution >= 4 is 28.6 Å². The number of hydrogen-bond donors (Lipinski definition) is 2. The molecule has 0 aliphatic carbocycles. The van der Waals surface area contributed by atoms with Gasteiger partial charge in [0.05, 0.1) is 5.69 Å². The molecule has 4 rings (SSSR count). The molecule has 1 amide bonds. The van der Waals surface area contributed by atoms with Crippen molar-refractivity contribution in [2.24, 2.45) is 0 Å². The molecule has 1 unspecified atom stereocenters. The zero-order valence-corrected chi connectivity index (χ0v) is 21.7. The van der Waals surface area contributed by atoms with Crippen LogP contribution in [0, 0.1) is 13.8 Å². The SMILES string of the molecule is CCc1cnc(Nc2cc(C)cc(C)c2)nc1CNC1CCN(C(=O)c2ccc(S(=O)[O-])cc2)CC1. The van der Waals surface area contributed by atoms with Gasteiger partial charge in [0.25, 0.3) is 5.91 Å². The minimum atomic E-state index is -2.29. The molecule has 2 heterocycles. The lowest BCUT2D eigenvalue weighted by Crippen LogP contribution is -2.44. The minimum Gasteiger partial charge on any atom is -0.768 e. The van der Waals surface area contributed by atoms with Gasteiger partial charge in [0, 0.05) is 48.0 Å². The predicted molar refractivity (Wildman–Crippen MR) is 140 cm³/mol. The number of aromatic nitrogens is 2.